The second-order valence-electron chi connectivity index (χ2n) is 21.3. The number of nitrogens with two attached hydrogens (primary N) is 1. The normalized spacial score (nSPS) is 17.6. The predicted octanol–water partition coefficient (Wildman–Crippen LogP) is 10.4. The largest absolute Gasteiger partial charge is 0.737 e. The van der Waals surface area contributed by atoms with Crippen LogP contribution in [-0.2, 0) is 57.2 Å². The smallest absolute Gasteiger partial charge is 0.494 e. The van der Waals surface area contributed by atoms with Gasteiger partial charge in [-0.05, 0) is 101 Å². The van der Waals surface area contributed by atoms with Crippen molar-refractivity contribution in [3.05, 3.63) is 166 Å². The molecule has 0 saturated carbocycles. The number of ether oxygens (including phenoxy) is 5. The molecule has 3 aliphatic heterocycles. The highest BCUT2D eigenvalue weighted by molar-refractivity contribution is 7.66. The highest BCUT2D eigenvalue weighted by Crippen LogP contribution is 2.66. The van der Waals surface area contributed by atoms with Crippen LogP contribution >= 0.6 is 34.8 Å². The van der Waals surface area contributed by atoms with E-state index in [-0.39, 0.29) is 77.8 Å². The molecule has 0 bridgehead atoms. The highest BCUT2D eigenvalue weighted by atomic mass is 32.1. The molecule has 7 heterocycles. The van der Waals surface area contributed by atoms with Crippen molar-refractivity contribution in [1.82, 2.24) is 19.0 Å². The Morgan fingerprint density at radius 3 is 2.38 bits per heavy atom. The van der Waals surface area contributed by atoms with Crippen LogP contribution in [0.4, 0.5) is 14.6 Å². The fraction of sp³-hybridized carbons (Fsp3) is 0.333. The maximum absolute atomic E-state index is 16.2. The first-order chi connectivity index (χ1) is 45.4. The van der Waals surface area contributed by atoms with E-state index in [9.17, 15) is 42.7 Å². The molecule has 0 spiro atoms. The summed E-state index contributed by atoms with van der Waals surface area (Å²) >= 11 is 1.41. The molecular weight excluding hydrogens is 1330 g/mol. The monoisotopic (exact) mass is 1390 g/mol. The Hall–Kier alpha value is -8.63. The number of H-pyrrole nitrogens is 1. The number of halogens is 2. The Morgan fingerprint density at radius 1 is 0.905 bits per heavy atom. The van der Waals surface area contributed by atoms with Gasteiger partial charge >= 0.3 is 36.4 Å². The first kappa shape index (κ1) is 70.7. The highest BCUT2D eigenvalue weighted by Gasteiger charge is 2.53. The standard InChI is InChI=1S/C57H60BF2N12O19P3S/c59-58(60)71-40(18-19-41(71)30-42-20-25-48(72(42)58)51-13-8-28-95-51)17-14-37-15-21-45(22-16-37)86-34-44(74)11-5-3-1-2-4-10-43(73)12-7-26-84-46-23-24-47(39(29-46)32-64-68-62)56(76)85-27-6-9-38-33-70(54-53(38)55(75)67-57(61)66-54)52-31-49(87-36-65-69-63)50(89-52)35-88-93(80,81)91-94(82,83)90-92(77,78)79/h8,13-25,28-30,33,49-50,52H,1-5,7,10-12,26-27,31-32,34-36H2,(H,80,81)(H,82,83)(H2,77,78,79)(H3,61,66,67,75)/b17-14+/t49-,50-,52-/m1/s1. The minimum Gasteiger partial charge on any atom is -0.494 e. The average Bonchev–Trinajstić information content (AvgIpc) is 1.63. The van der Waals surface area contributed by atoms with Crippen LogP contribution in [-0.4, -0.2) is 119 Å². The molecule has 7 N–H and O–H groups in total. The van der Waals surface area contributed by atoms with Gasteiger partial charge in [0.25, 0.3) is 5.56 Å². The number of rotatable bonds is 34. The molecule has 500 valence electrons. The number of Topliss-reactive ketones (excluding diaryl/α,β-unsaturated/α-hetero) is 2. The topological polar surface area (TPSA) is 439 Å². The minimum atomic E-state index is -5.87. The number of nitrogens with one attached hydrogen (secondary N) is 1. The fourth-order valence-electron chi connectivity index (χ4n) is 10.5. The fourth-order valence-corrected chi connectivity index (χ4v) is 14.3. The van der Waals surface area contributed by atoms with Gasteiger partial charge < -0.3 is 71.2 Å². The predicted molar refractivity (Wildman–Crippen MR) is 340 cm³/mol. The number of ketones is 2. The number of hydrogen-bond donors (Lipinski definition) is 6. The molecule has 4 aromatic heterocycles. The van der Waals surface area contributed by atoms with E-state index < -0.39 is 80.3 Å². The quantitative estimate of drug-likeness (QED) is 0.00319. The summed E-state index contributed by atoms with van der Waals surface area (Å²) in [6, 6.07) is 18.5. The Kier molecular flexibility index (Phi) is 23.6. The van der Waals surface area contributed by atoms with E-state index >= 15 is 8.63 Å². The lowest BCUT2D eigenvalue weighted by Crippen LogP contribution is -2.50. The average molecular weight is 1390 g/mol. The first-order valence-electron chi connectivity index (χ1n) is 29.1. The van der Waals surface area contributed by atoms with Crippen molar-refractivity contribution in [2.45, 2.75) is 89.2 Å². The van der Waals surface area contributed by atoms with Crippen molar-refractivity contribution in [1.29, 1.82) is 0 Å². The summed E-state index contributed by atoms with van der Waals surface area (Å²) in [4.78, 5) is 102. The number of carbonyl (C=O) groups is 3. The van der Waals surface area contributed by atoms with E-state index in [1.807, 2.05) is 17.5 Å². The van der Waals surface area contributed by atoms with Gasteiger partial charge in [-0.1, -0.05) is 65.6 Å². The third-order valence-electron chi connectivity index (χ3n) is 14.6. The Balaban J connectivity index is 0.673. The number of allylic oxidation sites excluding steroid dienone is 2. The van der Waals surface area contributed by atoms with Gasteiger partial charge in [-0.15, -0.1) is 11.3 Å². The molecule has 2 unspecified atom stereocenters. The van der Waals surface area contributed by atoms with Crippen molar-refractivity contribution in [3.63, 3.8) is 0 Å². The van der Waals surface area contributed by atoms with Crippen molar-refractivity contribution in [2.75, 3.05) is 38.9 Å². The molecule has 0 radical (unpaired) electrons. The number of phosphoric ester groups is 1. The summed E-state index contributed by atoms with van der Waals surface area (Å²) in [6.45, 7) is -6.42. The zero-order valence-corrected chi connectivity index (χ0v) is 53.5. The summed E-state index contributed by atoms with van der Waals surface area (Å²) in [7, 11) is -17.2. The Labute approximate surface area is 542 Å². The maximum Gasteiger partial charge on any atom is 0.737 e. The zero-order chi connectivity index (χ0) is 67.9. The van der Waals surface area contributed by atoms with Crippen LogP contribution in [0.1, 0.15) is 114 Å². The Morgan fingerprint density at radius 2 is 1.64 bits per heavy atom. The molecule has 5 atom stereocenters. The third kappa shape index (κ3) is 19.1. The number of nitrogen functional groups attached to an aromatic ring is 1. The van der Waals surface area contributed by atoms with Gasteiger partial charge in [0.2, 0.25) is 5.95 Å². The van der Waals surface area contributed by atoms with E-state index in [2.05, 4.69) is 50.5 Å². The number of thiophene rings is 1. The van der Waals surface area contributed by atoms with Crippen molar-refractivity contribution >= 4 is 100 Å². The van der Waals surface area contributed by atoms with Gasteiger partial charge in [-0.3, -0.25) is 23.9 Å². The number of azide groups is 2. The number of esters is 1. The molecule has 9 rings (SSSR count). The van der Waals surface area contributed by atoms with E-state index in [0.29, 0.717) is 66.4 Å². The number of carbonyl (C=O) groups excluding carboxylic acids is 3. The molecule has 38 heteroatoms. The lowest BCUT2D eigenvalue weighted by atomic mass is 9.90. The summed E-state index contributed by atoms with van der Waals surface area (Å²) in [5.74, 6) is 5.03. The van der Waals surface area contributed by atoms with Crippen LogP contribution < -0.4 is 20.8 Å². The number of unbranched alkanes of at least 4 members (excludes halogenated alkanes) is 4. The van der Waals surface area contributed by atoms with Crippen molar-refractivity contribution in [2.24, 2.45) is 10.2 Å². The summed E-state index contributed by atoms with van der Waals surface area (Å²) < 4.78 is 112. The molecule has 1 fully saturated rings. The van der Waals surface area contributed by atoms with Crippen LogP contribution in [0, 0.1) is 11.8 Å². The van der Waals surface area contributed by atoms with Gasteiger partial charge in [0.05, 0.1) is 47.3 Å². The van der Waals surface area contributed by atoms with Gasteiger partial charge in [0.15, 0.2) is 29.4 Å². The number of fused-ring (bicyclic) bond motifs is 3. The molecule has 0 aliphatic carbocycles. The Bertz CT molecular complexity index is 4380. The van der Waals surface area contributed by atoms with Crippen LogP contribution in [0.25, 0.3) is 50.1 Å². The summed E-state index contributed by atoms with van der Waals surface area (Å²) in [6.07, 6.45) is 11.4. The molecular formula is C57H60BF2N12O19P3S. The van der Waals surface area contributed by atoms with Crippen LogP contribution in [0.15, 0.2) is 111 Å². The van der Waals surface area contributed by atoms with Gasteiger partial charge in [-0.2, -0.15) is 13.6 Å². The number of hydrogen-bond acceptors (Lipinski definition) is 20. The molecule has 2 aromatic carbocycles. The van der Waals surface area contributed by atoms with Crippen molar-refractivity contribution in [3.8, 4) is 23.3 Å². The first-order valence-corrected chi connectivity index (χ1v) is 34.5. The molecule has 6 aromatic rings. The van der Waals surface area contributed by atoms with E-state index in [0.717, 1.165) is 38.7 Å². The van der Waals surface area contributed by atoms with Crippen LogP contribution in [0.2, 0.25) is 0 Å². The third-order valence-corrected chi connectivity index (χ3v) is 19.3. The summed E-state index contributed by atoms with van der Waals surface area (Å²) in [5.41, 5.74) is 25.6. The van der Waals surface area contributed by atoms with E-state index in [1.165, 1.54) is 40.3 Å². The number of nitrogens with zero attached hydrogens (tertiary/aromatic N) is 10. The molecule has 0 amide bonds. The molecule has 95 heavy (non-hydrogen) atoms. The number of phosphoric acid groups is 3. The van der Waals surface area contributed by atoms with Gasteiger partial charge in [-0.25, -0.2) is 18.5 Å². The lowest BCUT2D eigenvalue weighted by molar-refractivity contribution is -0.360. The lowest BCUT2D eigenvalue weighted by Gasteiger charge is -2.30. The second-order valence-corrected chi connectivity index (χ2v) is 26.6. The van der Waals surface area contributed by atoms with Gasteiger partial charge in [0, 0.05) is 71.3 Å². The van der Waals surface area contributed by atoms with Crippen molar-refractivity contribution < 1.29 is 97.6 Å². The maximum atomic E-state index is 16.2. The minimum absolute atomic E-state index is 0.0196. The van der Waals surface area contributed by atoms with E-state index in [4.69, 9.17) is 54.8 Å². The molecule has 3 aliphatic rings. The zero-order valence-electron chi connectivity index (χ0n) is 50.0. The van der Waals surface area contributed by atoms with Gasteiger partial charge in [0.1, 0.15) is 43.0 Å². The van der Waals surface area contributed by atoms with E-state index in [1.54, 1.807) is 66.8 Å². The molecule has 31 nitrogen and oxygen atoms in total. The number of anilines is 1. The van der Waals surface area contributed by atoms with Crippen LogP contribution in [0.5, 0.6) is 11.5 Å². The number of aromatic amines is 1. The molecule has 1 saturated heterocycles. The second kappa shape index (κ2) is 31.7. The SMILES string of the molecule is [N-]=[N+]=NCO[C@@H]1C[C@H](n2cc(C#CCOC(=O)c3ccc(OCCCC(=O)CCCCCCCC(=O)COc4ccc(/C=C/c5ccc6n5[B-](F)(F)[N+]5=C(c7cccs7)C=CC5=C6)cc4)cc3CN=[N+]=[N-])c3c(=O)[nH]c(N)nc32)O[C@@H]1COP(=O)(O)OP(=O)(O)OP(=O)(O)O. The number of benzene rings is 2. The van der Waals surface area contributed by atoms with Crippen LogP contribution in [0.3, 0.4) is 0 Å². The summed E-state index contributed by atoms with van der Waals surface area (Å²) in [5, 5.41) is 8.61. The number of aromatic nitrogens is 4.